The first-order valence-electron chi connectivity index (χ1n) is 6.82. The van der Waals surface area contributed by atoms with Crippen LogP contribution < -0.4 is 0 Å². The molecule has 0 amide bonds. The molecule has 0 bridgehead atoms. The van der Waals surface area contributed by atoms with Gasteiger partial charge >= 0.3 is 0 Å². The van der Waals surface area contributed by atoms with Crippen molar-refractivity contribution in [1.82, 2.24) is 0 Å². The molecule has 0 aromatic heterocycles. The highest BCUT2D eigenvalue weighted by Gasteiger charge is 2.07. The fourth-order valence-corrected chi connectivity index (χ4v) is 2.80. The Morgan fingerprint density at radius 2 is 1.10 bits per heavy atom. The van der Waals surface area contributed by atoms with Crippen LogP contribution in [0.1, 0.15) is 0 Å². The molecule has 0 unspecified atom stereocenters. The Hall–Kier alpha value is -2.60. The fraction of sp³-hybridized carbons (Fsp3) is 0. The maximum absolute atomic E-state index is 3.59. The Morgan fingerprint density at radius 3 is 1.90 bits per heavy atom. The minimum atomic E-state index is 1.17. The molecule has 0 saturated carbocycles. The van der Waals surface area contributed by atoms with Crippen molar-refractivity contribution in [1.29, 1.82) is 0 Å². The van der Waals surface area contributed by atoms with E-state index in [1.54, 1.807) is 0 Å². The van der Waals surface area contributed by atoms with E-state index in [0.29, 0.717) is 0 Å². The second-order valence-electron chi connectivity index (χ2n) is 4.96. The quantitative estimate of drug-likeness (QED) is 0.395. The number of rotatable bonds is 1. The van der Waals surface area contributed by atoms with E-state index in [-0.39, 0.29) is 0 Å². The second-order valence-corrected chi connectivity index (χ2v) is 4.96. The maximum atomic E-state index is 3.59. The van der Waals surface area contributed by atoms with E-state index in [1.807, 2.05) is 6.07 Å². The predicted octanol–water partition coefficient (Wildman–Crippen LogP) is 5.46. The molecule has 4 aromatic rings. The summed E-state index contributed by atoms with van der Waals surface area (Å²) in [5.74, 6) is 0. The molecule has 0 saturated heterocycles. The minimum absolute atomic E-state index is 1.17. The Morgan fingerprint density at radius 1 is 0.500 bits per heavy atom. The van der Waals surface area contributed by atoms with Crippen molar-refractivity contribution < 1.29 is 0 Å². The lowest BCUT2D eigenvalue weighted by atomic mass is 9.93. The first-order chi connectivity index (χ1) is 9.93. The molecule has 0 aliphatic heterocycles. The van der Waals surface area contributed by atoms with Crippen molar-refractivity contribution in [3.63, 3.8) is 0 Å². The summed E-state index contributed by atoms with van der Waals surface area (Å²) in [6.45, 7) is 0. The average Bonchev–Trinajstić information content (AvgIpc) is 2.55. The summed E-state index contributed by atoms with van der Waals surface area (Å²) in [5, 5.41) is 4.99. The molecular formula is C20H13. The van der Waals surface area contributed by atoms with Gasteiger partial charge in [0.25, 0.3) is 0 Å². The van der Waals surface area contributed by atoms with Crippen molar-refractivity contribution in [2.45, 2.75) is 0 Å². The summed E-state index contributed by atoms with van der Waals surface area (Å²) in [5.41, 5.74) is 2.40. The fourth-order valence-electron chi connectivity index (χ4n) is 2.80. The van der Waals surface area contributed by atoms with Crippen molar-refractivity contribution in [3.8, 4) is 11.1 Å². The van der Waals surface area contributed by atoms with Crippen molar-refractivity contribution >= 4 is 21.5 Å². The van der Waals surface area contributed by atoms with Gasteiger partial charge in [-0.2, -0.15) is 0 Å². The third-order valence-corrected chi connectivity index (χ3v) is 3.74. The van der Waals surface area contributed by atoms with Gasteiger partial charge in [0.1, 0.15) is 0 Å². The Kier molecular flexibility index (Phi) is 2.53. The summed E-state index contributed by atoms with van der Waals surface area (Å²) in [6.07, 6.45) is 0. The lowest BCUT2D eigenvalue weighted by Gasteiger charge is -2.10. The third-order valence-electron chi connectivity index (χ3n) is 3.74. The first-order valence-corrected chi connectivity index (χ1v) is 6.82. The number of hydrogen-bond acceptors (Lipinski definition) is 0. The van der Waals surface area contributed by atoms with Crippen LogP contribution in [0.3, 0.4) is 0 Å². The molecule has 20 heavy (non-hydrogen) atoms. The monoisotopic (exact) mass is 253 g/mol. The van der Waals surface area contributed by atoms with Crippen molar-refractivity contribution in [2.24, 2.45) is 0 Å². The Balaban J connectivity index is 2.19. The molecule has 4 aromatic carbocycles. The van der Waals surface area contributed by atoms with Gasteiger partial charge in [-0.25, -0.2) is 0 Å². The number of benzene rings is 4. The van der Waals surface area contributed by atoms with Crippen LogP contribution in [0.15, 0.2) is 78.9 Å². The van der Waals surface area contributed by atoms with Gasteiger partial charge < -0.3 is 0 Å². The van der Waals surface area contributed by atoms with E-state index < -0.39 is 0 Å². The Bertz CT molecular complexity index is 889. The molecule has 0 aliphatic carbocycles. The zero-order valence-corrected chi connectivity index (χ0v) is 11.0. The molecule has 0 N–H and O–H groups in total. The predicted molar refractivity (Wildman–Crippen MR) is 85.7 cm³/mol. The van der Waals surface area contributed by atoms with Gasteiger partial charge in [-0.15, -0.1) is 0 Å². The van der Waals surface area contributed by atoms with E-state index >= 15 is 0 Å². The van der Waals surface area contributed by atoms with Gasteiger partial charge in [-0.1, -0.05) is 78.9 Å². The number of hydrogen-bond donors (Lipinski definition) is 0. The maximum Gasteiger partial charge on any atom is -0.000764 e. The largest absolute Gasteiger partial charge is 0.0622 e. The summed E-state index contributed by atoms with van der Waals surface area (Å²) < 4.78 is 0. The van der Waals surface area contributed by atoms with E-state index in [0.717, 1.165) is 0 Å². The topological polar surface area (TPSA) is 0 Å². The van der Waals surface area contributed by atoms with E-state index in [9.17, 15) is 0 Å². The molecule has 0 heterocycles. The summed E-state index contributed by atoms with van der Waals surface area (Å²) in [4.78, 5) is 0. The van der Waals surface area contributed by atoms with Gasteiger partial charge in [0.05, 0.1) is 0 Å². The zero-order valence-electron chi connectivity index (χ0n) is 11.0. The molecule has 93 valence electrons. The Labute approximate surface area is 118 Å². The van der Waals surface area contributed by atoms with Crippen LogP contribution in [-0.4, -0.2) is 0 Å². The summed E-state index contributed by atoms with van der Waals surface area (Å²) in [6, 6.07) is 31.1. The van der Waals surface area contributed by atoms with Crippen molar-refractivity contribution in [2.75, 3.05) is 0 Å². The molecule has 0 atom stereocenters. The second kappa shape index (κ2) is 4.50. The van der Waals surface area contributed by atoms with Crippen LogP contribution in [0.25, 0.3) is 32.7 Å². The third kappa shape index (κ3) is 1.70. The van der Waals surface area contributed by atoms with Crippen LogP contribution >= 0.6 is 0 Å². The van der Waals surface area contributed by atoms with Gasteiger partial charge in [0, 0.05) is 0 Å². The van der Waals surface area contributed by atoms with Crippen LogP contribution in [0.4, 0.5) is 0 Å². The molecule has 0 heteroatoms. The highest BCUT2D eigenvalue weighted by atomic mass is 14.1. The lowest BCUT2D eigenvalue weighted by Crippen LogP contribution is -1.84. The normalized spacial score (nSPS) is 11.0. The molecule has 1 radical (unpaired) electrons. The summed E-state index contributed by atoms with van der Waals surface area (Å²) in [7, 11) is 0. The standard InChI is InChI=1S/C20H13/c1-2-8-15(9-3-1)20-14-16-10-4-5-11-17(16)18-12-6-7-13-19(18)20/h1-13H. The van der Waals surface area contributed by atoms with E-state index in [2.05, 4.69) is 78.9 Å². The minimum Gasteiger partial charge on any atom is -0.0622 e. The molecule has 0 spiro atoms. The molecule has 4 rings (SSSR count). The molecular weight excluding hydrogens is 240 g/mol. The average molecular weight is 253 g/mol. The van der Waals surface area contributed by atoms with Gasteiger partial charge in [0.2, 0.25) is 0 Å². The van der Waals surface area contributed by atoms with Gasteiger partial charge in [-0.3, -0.25) is 0 Å². The molecule has 0 aliphatic rings. The van der Waals surface area contributed by atoms with Crippen molar-refractivity contribution in [3.05, 3.63) is 84.9 Å². The zero-order chi connectivity index (χ0) is 13.4. The lowest BCUT2D eigenvalue weighted by molar-refractivity contribution is 1.66. The smallest absolute Gasteiger partial charge is 0.000764 e. The van der Waals surface area contributed by atoms with Gasteiger partial charge in [-0.05, 0) is 38.7 Å². The van der Waals surface area contributed by atoms with Crippen LogP contribution in [0.5, 0.6) is 0 Å². The van der Waals surface area contributed by atoms with Crippen LogP contribution in [0, 0.1) is 6.07 Å². The van der Waals surface area contributed by atoms with Crippen LogP contribution in [-0.2, 0) is 0 Å². The molecule has 0 nitrogen and oxygen atoms in total. The SMILES string of the molecule is [c]1c(-c2ccccc2)c2ccccc2c2ccccc12. The van der Waals surface area contributed by atoms with E-state index in [4.69, 9.17) is 0 Å². The first kappa shape index (κ1) is 11.2. The highest BCUT2D eigenvalue weighted by Crippen LogP contribution is 2.33. The summed E-state index contributed by atoms with van der Waals surface area (Å²) >= 11 is 0. The van der Waals surface area contributed by atoms with Gasteiger partial charge in [0.15, 0.2) is 0 Å². The highest BCUT2D eigenvalue weighted by molar-refractivity contribution is 6.13. The van der Waals surface area contributed by atoms with Crippen LogP contribution in [0.2, 0.25) is 0 Å². The molecule has 0 fully saturated rings. The number of fused-ring (bicyclic) bond motifs is 3. The van der Waals surface area contributed by atoms with E-state index in [1.165, 1.54) is 32.7 Å².